The number of thiazole rings is 1. The van der Waals surface area contributed by atoms with Gasteiger partial charge in [0.1, 0.15) is 5.76 Å². The molecule has 1 fully saturated rings. The molecule has 8 nitrogen and oxygen atoms in total. The van der Waals surface area contributed by atoms with E-state index in [0.717, 1.165) is 10.3 Å². The van der Waals surface area contributed by atoms with E-state index in [1.165, 1.54) is 40.5 Å². The third-order valence-electron chi connectivity index (χ3n) is 6.36. The first-order valence-electron chi connectivity index (χ1n) is 11.6. The molecule has 0 bridgehead atoms. The number of carbonyl (C=O) groups is 2. The van der Waals surface area contributed by atoms with Crippen molar-refractivity contribution in [3.8, 4) is 0 Å². The van der Waals surface area contributed by atoms with Gasteiger partial charge in [0.2, 0.25) is 0 Å². The van der Waals surface area contributed by atoms with Crippen LogP contribution in [0.15, 0.2) is 78.4 Å². The number of carbonyl (C=O) groups excluding carboxylic acids is 2. The predicted octanol–water partition coefficient (Wildman–Crippen LogP) is 6.13. The average molecular weight is 514 g/mol. The highest BCUT2D eigenvalue weighted by Gasteiger charge is 2.48. The van der Waals surface area contributed by atoms with Crippen molar-refractivity contribution in [1.82, 2.24) is 4.98 Å². The van der Waals surface area contributed by atoms with Crippen molar-refractivity contribution in [3.63, 3.8) is 0 Å². The van der Waals surface area contributed by atoms with Gasteiger partial charge in [-0.1, -0.05) is 80.6 Å². The minimum atomic E-state index is -0.964. The van der Waals surface area contributed by atoms with Gasteiger partial charge >= 0.3 is 5.91 Å². The van der Waals surface area contributed by atoms with E-state index < -0.39 is 28.4 Å². The molecule has 37 heavy (non-hydrogen) atoms. The van der Waals surface area contributed by atoms with Gasteiger partial charge in [-0.25, -0.2) is 4.98 Å². The molecule has 3 aromatic carbocycles. The Balaban J connectivity index is 1.72. The highest BCUT2D eigenvalue weighted by atomic mass is 32.1. The van der Waals surface area contributed by atoms with E-state index in [9.17, 15) is 24.8 Å². The first-order chi connectivity index (χ1) is 17.6. The summed E-state index contributed by atoms with van der Waals surface area (Å²) in [6, 6.07) is 19.3. The molecular weight excluding hydrogens is 490 g/mol. The molecular formula is C28H23N3O5S. The number of nitro groups is 1. The Morgan fingerprint density at radius 3 is 2.38 bits per heavy atom. The largest absolute Gasteiger partial charge is 0.507 e. The van der Waals surface area contributed by atoms with Crippen LogP contribution < -0.4 is 4.90 Å². The van der Waals surface area contributed by atoms with Crippen LogP contribution in [0.4, 0.5) is 10.8 Å². The number of hydrogen-bond donors (Lipinski definition) is 1. The third-order valence-corrected chi connectivity index (χ3v) is 7.39. The summed E-state index contributed by atoms with van der Waals surface area (Å²) in [6.45, 7) is 6.24. The van der Waals surface area contributed by atoms with Crippen molar-refractivity contribution in [1.29, 1.82) is 0 Å². The number of aliphatic hydroxyl groups is 1. The maximum absolute atomic E-state index is 13.4. The van der Waals surface area contributed by atoms with Gasteiger partial charge in [-0.15, -0.1) is 0 Å². The number of nitro benzene ring substituents is 1. The zero-order valence-corrected chi connectivity index (χ0v) is 21.2. The van der Waals surface area contributed by atoms with Crippen LogP contribution in [0.1, 0.15) is 43.5 Å². The second-order valence-corrected chi connectivity index (χ2v) is 10.8. The fraction of sp³-hybridized carbons (Fsp3) is 0.179. The van der Waals surface area contributed by atoms with E-state index in [0.29, 0.717) is 16.2 Å². The standard InChI is InChI=1S/C28H23N3O5S/c1-28(2,3)18-13-11-16(12-14-18)23-22(24(32)17-7-6-8-19(15-17)31(35)36)25(33)26(34)30(23)27-29-20-9-4-5-10-21(20)37-27/h4-15,23,32H,1-3H3/b24-22+. The van der Waals surface area contributed by atoms with Crippen LogP contribution in [-0.4, -0.2) is 26.7 Å². The molecule has 1 unspecified atom stereocenters. The van der Waals surface area contributed by atoms with Gasteiger partial charge in [-0.3, -0.25) is 24.6 Å². The van der Waals surface area contributed by atoms with Crippen LogP contribution in [0.3, 0.4) is 0 Å². The number of benzene rings is 3. The number of aliphatic hydroxyl groups excluding tert-OH is 1. The molecule has 9 heteroatoms. The Morgan fingerprint density at radius 2 is 1.73 bits per heavy atom. The van der Waals surface area contributed by atoms with Crippen LogP contribution >= 0.6 is 11.3 Å². The van der Waals surface area contributed by atoms with Crippen molar-refractivity contribution in [2.75, 3.05) is 4.90 Å². The molecule has 1 amide bonds. The first-order valence-corrected chi connectivity index (χ1v) is 12.4. The second-order valence-electron chi connectivity index (χ2n) is 9.81. The number of hydrogen-bond acceptors (Lipinski definition) is 7. The van der Waals surface area contributed by atoms with Crippen molar-refractivity contribution < 1.29 is 19.6 Å². The average Bonchev–Trinajstić information content (AvgIpc) is 3.41. The van der Waals surface area contributed by atoms with Gasteiger partial charge in [0.05, 0.1) is 26.8 Å². The topological polar surface area (TPSA) is 114 Å². The van der Waals surface area contributed by atoms with Gasteiger partial charge < -0.3 is 5.11 Å². The predicted molar refractivity (Wildman–Crippen MR) is 143 cm³/mol. The molecule has 4 aromatic rings. The number of ketones is 1. The summed E-state index contributed by atoms with van der Waals surface area (Å²) >= 11 is 1.27. The van der Waals surface area contributed by atoms with Crippen LogP contribution in [0, 0.1) is 10.1 Å². The lowest BCUT2D eigenvalue weighted by Crippen LogP contribution is -2.29. The molecule has 1 N–H and O–H groups in total. The number of amides is 1. The zero-order valence-electron chi connectivity index (χ0n) is 20.3. The molecule has 1 saturated heterocycles. The summed E-state index contributed by atoms with van der Waals surface area (Å²) in [7, 11) is 0. The van der Waals surface area contributed by atoms with Crippen molar-refractivity contribution in [2.45, 2.75) is 32.2 Å². The summed E-state index contributed by atoms with van der Waals surface area (Å²) in [5.41, 5.74) is 1.93. The molecule has 186 valence electrons. The maximum Gasteiger partial charge on any atom is 0.301 e. The monoisotopic (exact) mass is 513 g/mol. The highest BCUT2D eigenvalue weighted by Crippen LogP contribution is 2.44. The molecule has 1 aromatic heterocycles. The Bertz CT molecular complexity index is 1570. The number of aromatic nitrogens is 1. The Hall–Kier alpha value is -4.37. The molecule has 5 rings (SSSR count). The van der Waals surface area contributed by atoms with Gasteiger partial charge in [0.25, 0.3) is 11.5 Å². The number of Topliss-reactive ketones (excluding diaryl/α,β-unsaturated/α-hetero) is 1. The van der Waals surface area contributed by atoms with Crippen LogP contribution in [0.5, 0.6) is 0 Å². The van der Waals surface area contributed by atoms with Gasteiger partial charge in [-0.05, 0) is 28.7 Å². The van der Waals surface area contributed by atoms with Crippen LogP contribution in [0.25, 0.3) is 16.0 Å². The number of para-hydroxylation sites is 1. The molecule has 0 spiro atoms. The van der Waals surface area contributed by atoms with Crippen LogP contribution in [-0.2, 0) is 15.0 Å². The quantitative estimate of drug-likeness (QED) is 0.115. The summed E-state index contributed by atoms with van der Waals surface area (Å²) in [6.07, 6.45) is 0. The minimum absolute atomic E-state index is 0.0767. The lowest BCUT2D eigenvalue weighted by molar-refractivity contribution is -0.384. The first kappa shape index (κ1) is 24.3. The number of rotatable bonds is 4. The minimum Gasteiger partial charge on any atom is -0.507 e. The van der Waals surface area contributed by atoms with Gasteiger partial charge in [-0.2, -0.15) is 0 Å². The van der Waals surface area contributed by atoms with Gasteiger partial charge in [0.15, 0.2) is 5.13 Å². The van der Waals surface area contributed by atoms with Crippen molar-refractivity contribution in [3.05, 3.63) is 105 Å². The molecule has 2 heterocycles. The molecule has 0 aliphatic carbocycles. The molecule has 0 radical (unpaired) electrons. The molecule has 0 saturated carbocycles. The number of fused-ring (bicyclic) bond motifs is 1. The Morgan fingerprint density at radius 1 is 1.03 bits per heavy atom. The molecule has 1 aliphatic rings. The fourth-order valence-electron chi connectivity index (χ4n) is 4.40. The second kappa shape index (κ2) is 8.94. The smallest absolute Gasteiger partial charge is 0.301 e. The Kier molecular flexibility index (Phi) is 5.88. The van der Waals surface area contributed by atoms with E-state index in [2.05, 4.69) is 25.8 Å². The molecule has 1 aliphatic heterocycles. The van der Waals surface area contributed by atoms with E-state index >= 15 is 0 Å². The number of nitrogens with zero attached hydrogens (tertiary/aromatic N) is 3. The fourth-order valence-corrected chi connectivity index (χ4v) is 5.39. The maximum atomic E-state index is 13.4. The number of non-ortho nitro benzene ring substituents is 1. The lowest BCUT2D eigenvalue weighted by Gasteiger charge is -2.24. The van der Waals surface area contributed by atoms with Crippen molar-refractivity contribution in [2.24, 2.45) is 0 Å². The van der Waals surface area contributed by atoms with Crippen molar-refractivity contribution >= 4 is 49.8 Å². The zero-order chi connectivity index (χ0) is 26.5. The normalized spacial score (nSPS) is 17.5. The van der Waals surface area contributed by atoms with E-state index in [-0.39, 0.29) is 22.2 Å². The lowest BCUT2D eigenvalue weighted by atomic mass is 9.85. The van der Waals surface area contributed by atoms with E-state index in [1.54, 1.807) is 0 Å². The van der Waals surface area contributed by atoms with E-state index in [1.807, 2.05) is 48.5 Å². The SMILES string of the molecule is CC(C)(C)c1ccc(C2/C(=C(\O)c3cccc([N+](=O)[O-])c3)C(=O)C(=O)N2c2nc3ccccc3s2)cc1. The van der Waals surface area contributed by atoms with E-state index in [4.69, 9.17) is 0 Å². The third kappa shape index (κ3) is 4.27. The van der Waals surface area contributed by atoms with Crippen LogP contribution in [0.2, 0.25) is 0 Å². The summed E-state index contributed by atoms with van der Waals surface area (Å²) in [5, 5.41) is 22.9. The summed E-state index contributed by atoms with van der Waals surface area (Å²) in [5.74, 6) is -2.18. The van der Waals surface area contributed by atoms with Gasteiger partial charge in [0, 0.05) is 17.7 Å². The summed E-state index contributed by atoms with van der Waals surface area (Å²) < 4.78 is 0.847. The molecule has 1 atom stereocenters. The number of anilines is 1. The Labute approximate surface area is 216 Å². The highest BCUT2D eigenvalue weighted by molar-refractivity contribution is 7.22. The summed E-state index contributed by atoms with van der Waals surface area (Å²) in [4.78, 5) is 43.4.